The summed E-state index contributed by atoms with van der Waals surface area (Å²) in [6.07, 6.45) is 0.661. The van der Waals surface area contributed by atoms with E-state index < -0.39 is 21.7 Å². The van der Waals surface area contributed by atoms with Crippen LogP contribution in [0.3, 0.4) is 0 Å². The van der Waals surface area contributed by atoms with Crippen LogP contribution < -0.4 is 4.90 Å². The monoisotopic (exact) mass is 448 g/mol. The van der Waals surface area contributed by atoms with E-state index in [0.29, 0.717) is 16.1 Å². The number of anilines is 1. The Morgan fingerprint density at radius 2 is 2.20 bits per heavy atom. The van der Waals surface area contributed by atoms with E-state index in [2.05, 4.69) is 20.9 Å². The van der Waals surface area contributed by atoms with Crippen molar-refractivity contribution in [3.05, 3.63) is 28.5 Å². The Kier molecular flexibility index (Phi) is 5.28. The van der Waals surface area contributed by atoms with Gasteiger partial charge in [0.25, 0.3) is 5.91 Å². The number of aliphatic imine (C=N–C) groups is 1. The minimum atomic E-state index is -3.17. The Hall–Kier alpha value is -0.930. The third-order valence-electron chi connectivity index (χ3n) is 4.48. The lowest BCUT2D eigenvalue weighted by Gasteiger charge is -2.25. The van der Waals surface area contributed by atoms with Crippen LogP contribution in [0.1, 0.15) is 20.3 Å². The van der Waals surface area contributed by atoms with E-state index in [9.17, 15) is 17.6 Å². The Balaban J connectivity index is 2.04. The normalized spacial score (nSPS) is 27.5. The van der Waals surface area contributed by atoms with Crippen LogP contribution in [-0.2, 0) is 14.6 Å². The smallest absolute Gasteiger partial charge is 0.250 e. The molecule has 1 amide bonds. The number of fused-ring (bicyclic) bond motifs is 1. The summed E-state index contributed by atoms with van der Waals surface area (Å²) < 4.78 is 39.1. The van der Waals surface area contributed by atoms with Crippen molar-refractivity contribution in [1.82, 2.24) is 0 Å². The molecule has 0 radical (unpaired) electrons. The molecule has 25 heavy (non-hydrogen) atoms. The van der Waals surface area contributed by atoms with Gasteiger partial charge in [-0.1, -0.05) is 41.5 Å². The molecule has 0 bridgehead atoms. The molecule has 2 aliphatic rings. The molecule has 2 heterocycles. The summed E-state index contributed by atoms with van der Waals surface area (Å²) in [4.78, 5) is 18.0. The fourth-order valence-corrected chi connectivity index (χ4v) is 7.15. The van der Waals surface area contributed by atoms with Gasteiger partial charge in [-0.2, -0.15) is 4.99 Å². The van der Waals surface area contributed by atoms with Gasteiger partial charge in [-0.25, -0.2) is 12.8 Å². The standard InChI is InChI=1S/C16H18BrFN2O3S2/c1-3-9(2)15(21)19-16-20(12-5-4-10(17)6-11(12)18)13-7-25(22,23)8-14(13)24-16/h4-6,9,13-14H,3,7-8H2,1-2H3/t9-,13-,14-/m0/s1. The second-order valence-corrected chi connectivity index (χ2v) is 10.6. The van der Waals surface area contributed by atoms with Crippen molar-refractivity contribution in [2.45, 2.75) is 31.6 Å². The minimum Gasteiger partial charge on any atom is -0.313 e. The number of nitrogens with zero attached hydrogens (tertiary/aromatic N) is 2. The van der Waals surface area contributed by atoms with Crippen molar-refractivity contribution in [1.29, 1.82) is 0 Å². The Labute approximate surface area is 159 Å². The first-order valence-corrected chi connectivity index (χ1v) is 11.4. The van der Waals surface area contributed by atoms with Crippen LogP contribution in [0.2, 0.25) is 0 Å². The van der Waals surface area contributed by atoms with Crippen molar-refractivity contribution < 1.29 is 17.6 Å². The highest BCUT2D eigenvalue weighted by atomic mass is 79.9. The summed E-state index contributed by atoms with van der Waals surface area (Å²) in [7, 11) is -3.17. The van der Waals surface area contributed by atoms with E-state index in [1.54, 1.807) is 24.0 Å². The maximum atomic E-state index is 14.5. The first-order valence-electron chi connectivity index (χ1n) is 7.95. The zero-order chi connectivity index (χ0) is 18.4. The fourth-order valence-electron chi connectivity index (χ4n) is 2.90. The first-order chi connectivity index (χ1) is 11.7. The van der Waals surface area contributed by atoms with Crippen LogP contribution in [0.5, 0.6) is 0 Å². The average Bonchev–Trinajstić information content (AvgIpc) is 2.98. The average molecular weight is 449 g/mol. The Bertz CT molecular complexity index is 844. The highest BCUT2D eigenvalue weighted by molar-refractivity contribution is 9.10. The Morgan fingerprint density at radius 3 is 2.84 bits per heavy atom. The summed E-state index contributed by atoms with van der Waals surface area (Å²) in [5, 5.41) is 0.146. The molecule has 1 aromatic carbocycles. The summed E-state index contributed by atoms with van der Waals surface area (Å²) in [5.41, 5.74) is 0.246. The lowest BCUT2D eigenvalue weighted by molar-refractivity contribution is -0.121. The summed E-state index contributed by atoms with van der Waals surface area (Å²) in [6, 6.07) is 4.18. The molecule has 5 nitrogen and oxygen atoms in total. The number of amides is 1. The zero-order valence-electron chi connectivity index (χ0n) is 13.8. The van der Waals surface area contributed by atoms with Gasteiger partial charge in [-0.15, -0.1) is 0 Å². The number of hydrogen-bond donors (Lipinski definition) is 0. The molecule has 2 fully saturated rings. The van der Waals surface area contributed by atoms with Crippen molar-refractivity contribution in [3.8, 4) is 0 Å². The van der Waals surface area contributed by atoms with E-state index >= 15 is 0 Å². The molecule has 1 aromatic rings. The lowest BCUT2D eigenvalue weighted by Crippen LogP contribution is -2.38. The van der Waals surface area contributed by atoms with Gasteiger partial charge in [0.05, 0.1) is 23.2 Å². The highest BCUT2D eigenvalue weighted by Crippen LogP contribution is 2.42. The predicted molar refractivity (Wildman–Crippen MR) is 102 cm³/mol. The molecule has 0 unspecified atom stereocenters. The quantitative estimate of drug-likeness (QED) is 0.709. The molecule has 2 aliphatic heterocycles. The van der Waals surface area contributed by atoms with E-state index in [1.807, 2.05) is 6.92 Å². The number of amidine groups is 1. The molecule has 0 aliphatic carbocycles. The van der Waals surface area contributed by atoms with Gasteiger partial charge in [-0.05, 0) is 24.6 Å². The van der Waals surface area contributed by atoms with Crippen LogP contribution in [0.15, 0.2) is 27.7 Å². The number of thioether (sulfide) groups is 1. The van der Waals surface area contributed by atoms with Gasteiger partial charge < -0.3 is 4.90 Å². The molecule has 0 aromatic heterocycles. The van der Waals surface area contributed by atoms with Gasteiger partial charge in [-0.3, -0.25) is 4.79 Å². The van der Waals surface area contributed by atoms with Crippen LogP contribution in [0.4, 0.5) is 10.1 Å². The number of hydrogen-bond acceptors (Lipinski definition) is 4. The van der Waals surface area contributed by atoms with Crippen LogP contribution >= 0.6 is 27.7 Å². The predicted octanol–water partition coefficient (Wildman–Crippen LogP) is 3.24. The maximum Gasteiger partial charge on any atom is 0.250 e. The van der Waals surface area contributed by atoms with Crippen molar-refractivity contribution in [2.24, 2.45) is 10.9 Å². The molecule has 0 N–H and O–H groups in total. The molecule has 2 saturated heterocycles. The van der Waals surface area contributed by atoms with Gasteiger partial charge >= 0.3 is 0 Å². The van der Waals surface area contributed by atoms with Crippen molar-refractivity contribution in [3.63, 3.8) is 0 Å². The number of rotatable bonds is 3. The number of benzene rings is 1. The summed E-state index contributed by atoms with van der Waals surface area (Å²) in [6.45, 7) is 3.69. The third kappa shape index (κ3) is 3.78. The molecule has 9 heteroatoms. The molecule has 3 rings (SSSR count). The molecular formula is C16H18BrFN2O3S2. The third-order valence-corrected chi connectivity index (χ3v) is 8.18. The van der Waals surface area contributed by atoms with E-state index in [-0.39, 0.29) is 34.3 Å². The second kappa shape index (κ2) is 7.00. The fraction of sp³-hybridized carbons (Fsp3) is 0.500. The molecule has 0 spiro atoms. The highest BCUT2D eigenvalue weighted by Gasteiger charge is 2.50. The van der Waals surface area contributed by atoms with Gasteiger partial charge in [0.1, 0.15) is 5.82 Å². The number of sulfone groups is 1. The van der Waals surface area contributed by atoms with Crippen LogP contribution in [0, 0.1) is 11.7 Å². The van der Waals surface area contributed by atoms with Crippen molar-refractivity contribution >= 4 is 54.3 Å². The Morgan fingerprint density at radius 1 is 1.48 bits per heavy atom. The molecule has 0 saturated carbocycles. The van der Waals surface area contributed by atoms with Crippen LogP contribution in [0.25, 0.3) is 0 Å². The number of halogens is 2. The molecular weight excluding hydrogens is 431 g/mol. The van der Waals surface area contributed by atoms with E-state index in [0.717, 1.165) is 0 Å². The van der Waals surface area contributed by atoms with Crippen LogP contribution in [-0.4, -0.2) is 42.3 Å². The largest absolute Gasteiger partial charge is 0.313 e. The minimum absolute atomic E-state index is 0.0214. The number of carbonyl (C=O) groups is 1. The summed E-state index contributed by atoms with van der Waals surface area (Å²) in [5.74, 6) is -1.02. The SMILES string of the molecule is CC[C@H](C)C(=O)N=C1S[C@H]2CS(=O)(=O)C[C@@H]2N1c1ccc(Br)cc1F. The summed E-state index contributed by atoms with van der Waals surface area (Å²) >= 11 is 4.47. The number of carbonyl (C=O) groups excluding carboxylic acids is 1. The maximum absolute atomic E-state index is 14.5. The van der Waals surface area contributed by atoms with Gasteiger partial charge in [0.15, 0.2) is 15.0 Å². The van der Waals surface area contributed by atoms with Crippen molar-refractivity contribution in [2.75, 3.05) is 16.4 Å². The van der Waals surface area contributed by atoms with E-state index in [4.69, 9.17) is 0 Å². The van der Waals surface area contributed by atoms with Gasteiger partial charge in [0, 0.05) is 15.6 Å². The first kappa shape index (κ1) is 18.8. The van der Waals surface area contributed by atoms with E-state index in [1.165, 1.54) is 17.8 Å². The van der Waals surface area contributed by atoms with Gasteiger partial charge in [0.2, 0.25) is 0 Å². The topological polar surface area (TPSA) is 66.8 Å². The zero-order valence-corrected chi connectivity index (χ0v) is 17.0. The second-order valence-electron chi connectivity index (χ2n) is 6.31. The lowest BCUT2D eigenvalue weighted by atomic mass is 10.1. The molecule has 136 valence electrons. The molecule has 3 atom stereocenters.